The van der Waals surface area contributed by atoms with Crippen molar-refractivity contribution in [1.82, 2.24) is 10.3 Å². The van der Waals surface area contributed by atoms with Crippen molar-refractivity contribution < 1.29 is 0 Å². The first-order chi connectivity index (χ1) is 10.2. The molecule has 0 bridgehead atoms. The number of hydrogen-bond acceptors (Lipinski definition) is 4. The summed E-state index contributed by atoms with van der Waals surface area (Å²) in [5, 5.41) is 4.70. The van der Waals surface area contributed by atoms with Crippen LogP contribution in [0.3, 0.4) is 0 Å². The fraction of sp³-hybridized carbons (Fsp3) is 0.824. The topological polar surface area (TPSA) is 28.2 Å². The quantitative estimate of drug-likeness (QED) is 0.759. The fourth-order valence-corrected chi connectivity index (χ4v) is 4.27. The summed E-state index contributed by atoms with van der Waals surface area (Å²) < 4.78 is 0. The van der Waals surface area contributed by atoms with Gasteiger partial charge in [0.15, 0.2) is 5.13 Å². The third kappa shape index (κ3) is 4.43. The molecule has 0 spiro atoms. The van der Waals surface area contributed by atoms with Gasteiger partial charge in [0.05, 0.1) is 5.69 Å². The second kappa shape index (κ2) is 8.14. The van der Waals surface area contributed by atoms with Gasteiger partial charge in [-0.25, -0.2) is 4.98 Å². The van der Waals surface area contributed by atoms with Crippen LogP contribution in [0.25, 0.3) is 0 Å². The molecule has 0 radical (unpaired) electrons. The van der Waals surface area contributed by atoms with Gasteiger partial charge in [0, 0.05) is 24.5 Å². The highest BCUT2D eigenvalue weighted by Gasteiger charge is 2.25. The first-order valence-electron chi connectivity index (χ1n) is 8.55. The van der Waals surface area contributed by atoms with Crippen molar-refractivity contribution in [2.24, 2.45) is 5.92 Å². The molecule has 21 heavy (non-hydrogen) atoms. The number of nitrogens with one attached hydrogen (secondary N) is 1. The summed E-state index contributed by atoms with van der Waals surface area (Å²) in [6.45, 7) is 8.73. The van der Waals surface area contributed by atoms with Crippen molar-refractivity contribution in [2.45, 2.75) is 71.9 Å². The van der Waals surface area contributed by atoms with Crippen LogP contribution in [-0.2, 0) is 6.54 Å². The van der Waals surface area contributed by atoms with Crippen LogP contribution in [-0.4, -0.2) is 24.6 Å². The first-order valence-corrected chi connectivity index (χ1v) is 9.37. The van der Waals surface area contributed by atoms with Crippen LogP contribution in [0.5, 0.6) is 0 Å². The molecule has 0 aliphatic heterocycles. The minimum atomic E-state index is 0.690. The number of rotatable bonds is 7. The summed E-state index contributed by atoms with van der Waals surface area (Å²) in [5.74, 6) is 0.960. The third-order valence-electron chi connectivity index (χ3n) is 4.84. The van der Waals surface area contributed by atoms with Gasteiger partial charge in [-0.15, -0.1) is 11.3 Å². The van der Waals surface area contributed by atoms with E-state index in [2.05, 4.69) is 38.0 Å². The molecule has 120 valence electrons. The standard InChI is InChI=1S/C17H31N3S/c1-5-11-18-12-16-13(3)19-17(21-16)20(4)15-9-7-14(6-2)8-10-15/h14-15,18H,5-12H2,1-4H3. The van der Waals surface area contributed by atoms with E-state index in [-0.39, 0.29) is 0 Å². The van der Waals surface area contributed by atoms with Crippen molar-refractivity contribution in [3.63, 3.8) is 0 Å². The molecule has 1 aliphatic carbocycles. The molecule has 1 N–H and O–H groups in total. The average molecular weight is 310 g/mol. The number of thiazole rings is 1. The van der Waals surface area contributed by atoms with Gasteiger partial charge < -0.3 is 10.2 Å². The number of hydrogen-bond donors (Lipinski definition) is 1. The summed E-state index contributed by atoms with van der Waals surface area (Å²) in [7, 11) is 2.23. The molecular weight excluding hydrogens is 278 g/mol. The van der Waals surface area contributed by atoms with Crippen molar-refractivity contribution in [3.05, 3.63) is 10.6 Å². The Hall–Kier alpha value is -0.610. The van der Waals surface area contributed by atoms with Crippen LogP contribution >= 0.6 is 11.3 Å². The first kappa shape index (κ1) is 16.8. The van der Waals surface area contributed by atoms with Crippen molar-refractivity contribution in [3.8, 4) is 0 Å². The largest absolute Gasteiger partial charge is 0.348 e. The van der Waals surface area contributed by atoms with Crippen LogP contribution in [0.4, 0.5) is 5.13 Å². The van der Waals surface area contributed by atoms with E-state index in [0.29, 0.717) is 6.04 Å². The highest BCUT2D eigenvalue weighted by molar-refractivity contribution is 7.15. The molecule has 0 aromatic carbocycles. The Morgan fingerprint density at radius 2 is 1.95 bits per heavy atom. The lowest BCUT2D eigenvalue weighted by Crippen LogP contribution is -2.35. The fourth-order valence-electron chi connectivity index (χ4n) is 3.20. The van der Waals surface area contributed by atoms with Gasteiger partial charge in [-0.2, -0.15) is 0 Å². The zero-order valence-corrected chi connectivity index (χ0v) is 14.9. The Bertz CT molecular complexity index is 422. The predicted molar refractivity (Wildman–Crippen MR) is 93.3 cm³/mol. The highest BCUT2D eigenvalue weighted by atomic mass is 32.1. The molecule has 0 unspecified atom stereocenters. The van der Waals surface area contributed by atoms with E-state index in [1.165, 1.54) is 54.2 Å². The molecule has 1 aliphatic rings. The van der Waals surface area contributed by atoms with Crippen LogP contribution in [0.15, 0.2) is 0 Å². The normalized spacial score (nSPS) is 22.5. The van der Waals surface area contributed by atoms with Gasteiger partial charge >= 0.3 is 0 Å². The molecule has 3 nitrogen and oxygen atoms in total. The monoisotopic (exact) mass is 309 g/mol. The number of aromatic nitrogens is 1. The predicted octanol–water partition coefficient (Wildman–Crippen LogP) is 4.36. The molecular formula is C17H31N3S. The SMILES string of the molecule is CCCNCc1sc(N(C)C2CCC(CC)CC2)nc1C. The molecule has 1 fully saturated rings. The molecule has 1 saturated carbocycles. The third-order valence-corrected chi connectivity index (χ3v) is 6.08. The van der Waals surface area contributed by atoms with Gasteiger partial charge in [-0.05, 0) is 51.5 Å². The molecule has 1 aromatic rings. The summed E-state index contributed by atoms with van der Waals surface area (Å²) in [4.78, 5) is 8.64. The Morgan fingerprint density at radius 3 is 2.57 bits per heavy atom. The average Bonchev–Trinajstić information content (AvgIpc) is 2.88. The van der Waals surface area contributed by atoms with E-state index in [4.69, 9.17) is 4.98 Å². The van der Waals surface area contributed by atoms with Gasteiger partial charge in [-0.1, -0.05) is 20.3 Å². The van der Waals surface area contributed by atoms with Crippen molar-refractivity contribution in [2.75, 3.05) is 18.5 Å². The van der Waals surface area contributed by atoms with Gasteiger partial charge in [-0.3, -0.25) is 0 Å². The van der Waals surface area contributed by atoms with Crippen LogP contribution in [0.2, 0.25) is 0 Å². The lowest BCUT2D eigenvalue weighted by molar-refractivity contribution is 0.313. The minimum absolute atomic E-state index is 0.690. The summed E-state index contributed by atoms with van der Waals surface area (Å²) in [6.07, 6.45) is 7.97. The number of anilines is 1. The molecule has 1 aromatic heterocycles. The van der Waals surface area contributed by atoms with E-state index < -0.39 is 0 Å². The maximum atomic E-state index is 4.81. The molecule has 0 atom stereocenters. The smallest absolute Gasteiger partial charge is 0.185 e. The molecule has 4 heteroatoms. The van der Waals surface area contributed by atoms with E-state index in [1.54, 1.807) is 0 Å². The second-order valence-electron chi connectivity index (χ2n) is 6.38. The minimum Gasteiger partial charge on any atom is -0.348 e. The molecule has 0 amide bonds. The van der Waals surface area contributed by atoms with Gasteiger partial charge in [0.2, 0.25) is 0 Å². The summed E-state index contributed by atoms with van der Waals surface area (Å²) in [5.41, 5.74) is 1.20. The zero-order valence-electron chi connectivity index (χ0n) is 14.1. The Labute approximate surface area is 134 Å². The van der Waals surface area contributed by atoms with E-state index >= 15 is 0 Å². The Morgan fingerprint density at radius 1 is 1.24 bits per heavy atom. The van der Waals surface area contributed by atoms with Crippen molar-refractivity contribution in [1.29, 1.82) is 0 Å². The van der Waals surface area contributed by atoms with Gasteiger partial charge in [0.1, 0.15) is 0 Å². The lowest BCUT2D eigenvalue weighted by atomic mass is 9.84. The Balaban J connectivity index is 1.93. The Kier molecular flexibility index (Phi) is 6.49. The molecule has 1 heterocycles. The second-order valence-corrected chi connectivity index (χ2v) is 7.44. The van der Waals surface area contributed by atoms with Crippen LogP contribution in [0.1, 0.15) is 62.9 Å². The lowest BCUT2D eigenvalue weighted by Gasteiger charge is -2.34. The van der Waals surface area contributed by atoms with E-state index in [9.17, 15) is 0 Å². The maximum Gasteiger partial charge on any atom is 0.185 e. The molecule has 0 saturated heterocycles. The van der Waals surface area contributed by atoms with Crippen molar-refractivity contribution >= 4 is 16.5 Å². The summed E-state index contributed by atoms with van der Waals surface area (Å²) >= 11 is 1.87. The van der Waals surface area contributed by atoms with E-state index in [0.717, 1.165) is 19.0 Å². The van der Waals surface area contributed by atoms with E-state index in [1.807, 2.05) is 11.3 Å². The van der Waals surface area contributed by atoms with Gasteiger partial charge in [0.25, 0.3) is 0 Å². The number of nitrogens with zero attached hydrogens (tertiary/aromatic N) is 2. The maximum absolute atomic E-state index is 4.81. The van der Waals surface area contributed by atoms with Crippen LogP contribution < -0.4 is 10.2 Å². The zero-order chi connectivity index (χ0) is 15.2. The molecule has 2 rings (SSSR count). The van der Waals surface area contributed by atoms with Crippen LogP contribution in [0, 0.1) is 12.8 Å². The highest BCUT2D eigenvalue weighted by Crippen LogP contribution is 2.33. The summed E-state index contributed by atoms with van der Waals surface area (Å²) in [6, 6.07) is 0.690. The number of aryl methyl sites for hydroxylation is 1.